The summed E-state index contributed by atoms with van der Waals surface area (Å²) in [6, 6.07) is 0. The van der Waals surface area contributed by atoms with Crippen LogP contribution in [0.1, 0.15) is 50.7 Å². The molecule has 3 rings (SSSR count). The highest BCUT2D eigenvalue weighted by Crippen LogP contribution is 2.43. The fourth-order valence-corrected chi connectivity index (χ4v) is 3.60. The van der Waals surface area contributed by atoms with Crippen LogP contribution in [0.25, 0.3) is 0 Å². The highest BCUT2D eigenvalue weighted by molar-refractivity contribution is 5.79. The Bertz CT molecular complexity index is 563. The Hall–Kier alpha value is -1.63. The molecule has 1 fully saturated rings. The summed E-state index contributed by atoms with van der Waals surface area (Å²) >= 11 is 0. The number of nitrogens with one attached hydrogen (secondary N) is 2. The molecule has 1 aromatic heterocycles. The molecule has 2 heterocycles. The lowest BCUT2D eigenvalue weighted by Gasteiger charge is -2.42. The van der Waals surface area contributed by atoms with Gasteiger partial charge in [-0.1, -0.05) is 6.42 Å². The molecule has 1 aliphatic heterocycles. The first-order valence-electron chi connectivity index (χ1n) is 9.18. The Morgan fingerprint density at radius 2 is 2.17 bits per heavy atom. The van der Waals surface area contributed by atoms with Crippen LogP contribution in [0.5, 0.6) is 0 Å². The Kier molecular flexibility index (Phi) is 5.71. The highest BCUT2D eigenvalue weighted by atomic mass is 16.5. The zero-order valence-electron chi connectivity index (χ0n) is 15.0. The van der Waals surface area contributed by atoms with Crippen LogP contribution in [0.2, 0.25) is 0 Å². The third-order valence-electron chi connectivity index (χ3n) is 5.29. The number of rotatable bonds is 8. The fourth-order valence-electron chi connectivity index (χ4n) is 3.60. The quantitative estimate of drug-likeness (QED) is 0.556. The van der Waals surface area contributed by atoms with Gasteiger partial charge < -0.3 is 19.9 Å². The third kappa shape index (κ3) is 3.88. The van der Waals surface area contributed by atoms with Gasteiger partial charge in [-0.2, -0.15) is 0 Å². The Balaban J connectivity index is 1.57. The lowest BCUT2D eigenvalue weighted by molar-refractivity contribution is 0.0732. The number of hydrogen-bond donors (Lipinski definition) is 2. The SMILES string of the molecule is CCNC(=NCc1nnc2n1CCC2)NCC1(CCOC)CCC1. The standard InChI is InChI=1S/C17H30N6O/c1-3-18-16(20-13-17(7-5-8-17)9-11-24-2)19-12-15-22-21-14-6-4-10-23(14)15/h3-13H2,1-2H3,(H2,18,19,20). The number of hydrogen-bond acceptors (Lipinski definition) is 4. The number of aliphatic imine (C=N–C) groups is 1. The number of fused-ring (bicyclic) bond motifs is 1. The van der Waals surface area contributed by atoms with Crippen molar-refractivity contribution < 1.29 is 4.74 Å². The van der Waals surface area contributed by atoms with E-state index >= 15 is 0 Å². The summed E-state index contributed by atoms with van der Waals surface area (Å²) in [5.74, 6) is 2.94. The molecule has 1 aliphatic carbocycles. The molecule has 24 heavy (non-hydrogen) atoms. The highest BCUT2D eigenvalue weighted by Gasteiger charge is 2.36. The van der Waals surface area contributed by atoms with E-state index in [0.29, 0.717) is 12.0 Å². The van der Waals surface area contributed by atoms with Crippen LogP contribution < -0.4 is 10.6 Å². The molecule has 0 amide bonds. The van der Waals surface area contributed by atoms with E-state index in [0.717, 1.165) is 56.7 Å². The van der Waals surface area contributed by atoms with Crippen molar-refractivity contribution in [1.82, 2.24) is 25.4 Å². The molecule has 7 heteroatoms. The van der Waals surface area contributed by atoms with Crippen molar-refractivity contribution in [2.75, 3.05) is 26.8 Å². The van der Waals surface area contributed by atoms with Gasteiger partial charge in [-0.05, 0) is 38.0 Å². The van der Waals surface area contributed by atoms with Gasteiger partial charge >= 0.3 is 0 Å². The zero-order valence-corrected chi connectivity index (χ0v) is 15.0. The van der Waals surface area contributed by atoms with Crippen LogP contribution in [-0.2, 0) is 24.2 Å². The predicted octanol–water partition coefficient (Wildman–Crippen LogP) is 1.49. The van der Waals surface area contributed by atoms with Crippen molar-refractivity contribution in [3.63, 3.8) is 0 Å². The van der Waals surface area contributed by atoms with Crippen molar-refractivity contribution in [1.29, 1.82) is 0 Å². The Morgan fingerprint density at radius 3 is 2.88 bits per heavy atom. The number of nitrogens with zero attached hydrogens (tertiary/aromatic N) is 4. The third-order valence-corrected chi connectivity index (χ3v) is 5.29. The lowest BCUT2D eigenvalue weighted by atomic mass is 9.67. The fraction of sp³-hybridized carbons (Fsp3) is 0.824. The van der Waals surface area contributed by atoms with Gasteiger partial charge in [0.2, 0.25) is 0 Å². The van der Waals surface area contributed by atoms with Crippen molar-refractivity contribution >= 4 is 5.96 Å². The average molecular weight is 334 g/mol. The summed E-state index contributed by atoms with van der Waals surface area (Å²) in [6.45, 7) is 6.34. The molecule has 0 atom stereocenters. The van der Waals surface area contributed by atoms with Gasteiger partial charge in [0.05, 0.1) is 0 Å². The number of guanidine groups is 1. The second kappa shape index (κ2) is 7.96. The largest absolute Gasteiger partial charge is 0.385 e. The molecule has 2 aliphatic rings. The summed E-state index contributed by atoms with van der Waals surface area (Å²) in [6.07, 6.45) is 7.21. The van der Waals surface area contributed by atoms with Gasteiger partial charge in [-0.3, -0.25) is 0 Å². The van der Waals surface area contributed by atoms with Crippen LogP contribution >= 0.6 is 0 Å². The number of methoxy groups -OCH3 is 1. The molecule has 0 aromatic carbocycles. The molecule has 2 N–H and O–H groups in total. The first-order chi connectivity index (χ1) is 11.8. The molecular formula is C17H30N6O. The number of ether oxygens (including phenoxy) is 1. The van der Waals surface area contributed by atoms with Crippen LogP contribution in [0.3, 0.4) is 0 Å². The molecule has 1 aromatic rings. The minimum absolute atomic E-state index is 0.377. The van der Waals surface area contributed by atoms with E-state index in [1.807, 2.05) is 0 Å². The van der Waals surface area contributed by atoms with Gasteiger partial charge in [0.25, 0.3) is 0 Å². The normalized spacial score (nSPS) is 19.0. The first-order valence-corrected chi connectivity index (χ1v) is 9.18. The van der Waals surface area contributed by atoms with E-state index in [1.165, 1.54) is 25.7 Å². The number of aryl methyl sites for hydroxylation is 1. The first kappa shape index (κ1) is 17.2. The van der Waals surface area contributed by atoms with Crippen LogP contribution in [0, 0.1) is 5.41 Å². The van der Waals surface area contributed by atoms with E-state index in [2.05, 4.69) is 32.3 Å². The van der Waals surface area contributed by atoms with Crippen LogP contribution in [0.15, 0.2) is 4.99 Å². The molecule has 0 spiro atoms. The summed E-state index contributed by atoms with van der Waals surface area (Å²) in [5, 5.41) is 15.4. The van der Waals surface area contributed by atoms with Gasteiger partial charge in [0.15, 0.2) is 11.8 Å². The summed E-state index contributed by atoms with van der Waals surface area (Å²) in [5.41, 5.74) is 0.377. The van der Waals surface area contributed by atoms with Gasteiger partial charge in [0.1, 0.15) is 12.4 Å². The van der Waals surface area contributed by atoms with Crippen LogP contribution in [0.4, 0.5) is 0 Å². The maximum atomic E-state index is 5.28. The van der Waals surface area contributed by atoms with E-state index in [1.54, 1.807) is 7.11 Å². The summed E-state index contributed by atoms with van der Waals surface area (Å²) in [7, 11) is 1.78. The van der Waals surface area contributed by atoms with Gasteiger partial charge in [0, 0.05) is 39.8 Å². The van der Waals surface area contributed by atoms with E-state index in [4.69, 9.17) is 9.73 Å². The second-order valence-corrected chi connectivity index (χ2v) is 6.93. The van der Waals surface area contributed by atoms with Crippen molar-refractivity contribution in [2.45, 2.75) is 58.5 Å². The van der Waals surface area contributed by atoms with Crippen molar-refractivity contribution in [2.24, 2.45) is 10.4 Å². The maximum absolute atomic E-state index is 5.28. The molecule has 134 valence electrons. The zero-order chi connectivity index (χ0) is 16.8. The molecule has 0 radical (unpaired) electrons. The minimum Gasteiger partial charge on any atom is -0.385 e. The van der Waals surface area contributed by atoms with Gasteiger partial charge in [-0.15, -0.1) is 10.2 Å². The maximum Gasteiger partial charge on any atom is 0.191 e. The topological polar surface area (TPSA) is 76.4 Å². The lowest BCUT2D eigenvalue weighted by Crippen LogP contribution is -2.47. The minimum atomic E-state index is 0.377. The molecule has 7 nitrogen and oxygen atoms in total. The monoisotopic (exact) mass is 334 g/mol. The van der Waals surface area contributed by atoms with E-state index < -0.39 is 0 Å². The van der Waals surface area contributed by atoms with E-state index in [-0.39, 0.29) is 0 Å². The molecular weight excluding hydrogens is 304 g/mol. The van der Waals surface area contributed by atoms with E-state index in [9.17, 15) is 0 Å². The number of aromatic nitrogens is 3. The average Bonchev–Trinajstić information content (AvgIpc) is 3.15. The molecule has 0 bridgehead atoms. The Labute approximate surface area is 144 Å². The smallest absolute Gasteiger partial charge is 0.191 e. The molecule has 0 unspecified atom stereocenters. The summed E-state index contributed by atoms with van der Waals surface area (Å²) in [4.78, 5) is 4.72. The Morgan fingerprint density at radius 1 is 1.29 bits per heavy atom. The van der Waals surface area contributed by atoms with Gasteiger partial charge in [-0.25, -0.2) is 4.99 Å². The van der Waals surface area contributed by atoms with Crippen molar-refractivity contribution in [3.05, 3.63) is 11.6 Å². The van der Waals surface area contributed by atoms with Crippen molar-refractivity contribution in [3.8, 4) is 0 Å². The van der Waals surface area contributed by atoms with Crippen LogP contribution in [-0.4, -0.2) is 47.5 Å². The predicted molar refractivity (Wildman–Crippen MR) is 93.9 cm³/mol. The molecule has 1 saturated carbocycles. The summed E-state index contributed by atoms with van der Waals surface area (Å²) < 4.78 is 7.48. The second-order valence-electron chi connectivity index (χ2n) is 6.93. The molecule has 0 saturated heterocycles.